The van der Waals surface area contributed by atoms with Crippen molar-refractivity contribution in [3.8, 4) is 0 Å². The molecule has 0 amide bonds. The second kappa shape index (κ2) is 6.51. The van der Waals surface area contributed by atoms with Gasteiger partial charge >= 0.3 is 0 Å². The third-order valence-corrected chi connectivity index (χ3v) is 4.23. The van der Waals surface area contributed by atoms with Crippen molar-refractivity contribution in [1.82, 2.24) is 4.90 Å². The molecule has 0 bridgehead atoms. The molecule has 1 aliphatic rings. The molecule has 0 radical (unpaired) electrons. The average Bonchev–Trinajstić information content (AvgIpc) is 2.44. The molecule has 0 aliphatic carbocycles. The summed E-state index contributed by atoms with van der Waals surface area (Å²) in [7, 11) is 0. The number of rotatable bonds is 5. The van der Waals surface area contributed by atoms with Crippen molar-refractivity contribution in [2.45, 2.75) is 50.8 Å². The Labute approximate surface area is 116 Å². The standard InChI is InChI=1S/C16H26N2O/c1-2-6-15-11-16(19,13-17)9-10-18(15)12-14-7-4-3-5-8-14/h3-5,7-8,15,19H,2,6,9-13,17H2,1H3. The summed E-state index contributed by atoms with van der Waals surface area (Å²) in [5, 5.41) is 10.4. The third-order valence-electron chi connectivity index (χ3n) is 4.23. The van der Waals surface area contributed by atoms with Gasteiger partial charge in [0.25, 0.3) is 0 Å². The lowest BCUT2D eigenvalue weighted by atomic mass is 9.84. The Morgan fingerprint density at radius 3 is 2.74 bits per heavy atom. The second-order valence-corrected chi connectivity index (χ2v) is 5.78. The van der Waals surface area contributed by atoms with Gasteiger partial charge in [0.1, 0.15) is 0 Å². The van der Waals surface area contributed by atoms with Crippen LogP contribution >= 0.6 is 0 Å². The van der Waals surface area contributed by atoms with Crippen LogP contribution in [0.25, 0.3) is 0 Å². The first kappa shape index (κ1) is 14.5. The Morgan fingerprint density at radius 1 is 1.37 bits per heavy atom. The summed E-state index contributed by atoms with van der Waals surface area (Å²) >= 11 is 0. The van der Waals surface area contributed by atoms with Crippen LogP contribution in [0.15, 0.2) is 30.3 Å². The van der Waals surface area contributed by atoms with Crippen molar-refractivity contribution in [2.24, 2.45) is 5.73 Å². The highest BCUT2D eigenvalue weighted by Gasteiger charge is 2.36. The number of hydrogen-bond donors (Lipinski definition) is 2. The number of aliphatic hydroxyl groups is 1. The van der Waals surface area contributed by atoms with Crippen LogP contribution in [0, 0.1) is 0 Å². The van der Waals surface area contributed by atoms with E-state index in [1.165, 1.54) is 5.56 Å². The minimum Gasteiger partial charge on any atom is -0.388 e. The molecule has 2 rings (SSSR count). The van der Waals surface area contributed by atoms with E-state index >= 15 is 0 Å². The van der Waals surface area contributed by atoms with E-state index < -0.39 is 5.60 Å². The molecular formula is C16H26N2O. The summed E-state index contributed by atoms with van der Waals surface area (Å²) in [5.41, 5.74) is 6.43. The van der Waals surface area contributed by atoms with Gasteiger partial charge in [-0.1, -0.05) is 43.7 Å². The molecule has 1 saturated heterocycles. The number of piperidine rings is 1. The molecule has 1 fully saturated rings. The number of hydrogen-bond acceptors (Lipinski definition) is 3. The average molecular weight is 262 g/mol. The molecular weight excluding hydrogens is 236 g/mol. The molecule has 106 valence electrons. The lowest BCUT2D eigenvalue weighted by molar-refractivity contribution is -0.0448. The van der Waals surface area contributed by atoms with Gasteiger partial charge in [-0.05, 0) is 24.8 Å². The fourth-order valence-electron chi connectivity index (χ4n) is 3.03. The molecule has 0 saturated carbocycles. The Balaban J connectivity index is 2.03. The van der Waals surface area contributed by atoms with Gasteiger partial charge in [-0.2, -0.15) is 0 Å². The fraction of sp³-hybridized carbons (Fsp3) is 0.625. The largest absolute Gasteiger partial charge is 0.388 e. The molecule has 3 nitrogen and oxygen atoms in total. The molecule has 0 aromatic heterocycles. The van der Waals surface area contributed by atoms with Crippen LogP contribution < -0.4 is 5.73 Å². The minimum atomic E-state index is -0.646. The number of nitrogens with zero attached hydrogens (tertiary/aromatic N) is 1. The minimum absolute atomic E-state index is 0.381. The van der Waals surface area contributed by atoms with Gasteiger partial charge in [0.15, 0.2) is 0 Å². The van der Waals surface area contributed by atoms with Crippen molar-refractivity contribution >= 4 is 0 Å². The number of nitrogens with two attached hydrogens (primary N) is 1. The smallest absolute Gasteiger partial charge is 0.0796 e. The van der Waals surface area contributed by atoms with Gasteiger partial charge in [-0.3, -0.25) is 4.90 Å². The van der Waals surface area contributed by atoms with Crippen molar-refractivity contribution in [2.75, 3.05) is 13.1 Å². The normalized spacial score (nSPS) is 28.5. The van der Waals surface area contributed by atoms with Crippen LogP contribution in [-0.2, 0) is 6.54 Å². The summed E-state index contributed by atoms with van der Waals surface area (Å²) in [6.07, 6.45) is 3.88. The molecule has 1 aromatic rings. The SMILES string of the molecule is CCCC1CC(O)(CN)CCN1Cc1ccccc1. The van der Waals surface area contributed by atoms with E-state index in [2.05, 4.69) is 42.2 Å². The van der Waals surface area contributed by atoms with Gasteiger partial charge in [0.05, 0.1) is 5.60 Å². The molecule has 3 N–H and O–H groups in total. The second-order valence-electron chi connectivity index (χ2n) is 5.78. The van der Waals surface area contributed by atoms with E-state index in [0.717, 1.165) is 38.8 Å². The first-order chi connectivity index (χ1) is 9.17. The highest BCUT2D eigenvalue weighted by molar-refractivity contribution is 5.15. The predicted molar refractivity (Wildman–Crippen MR) is 78.8 cm³/mol. The molecule has 1 aromatic carbocycles. The maximum Gasteiger partial charge on any atom is 0.0796 e. The highest BCUT2D eigenvalue weighted by Crippen LogP contribution is 2.29. The van der Waals surface area contributed by atoms with Crippen molar-refractivity contribution in [3.63, 3.8) is 0 Å². The molecule has 1 aliphatic heterocycles. The monoisotopic (exact) mass is 262 g/mol. The summed E-state index contributed by atoms with van der Waals surface area (Å²) < 4.78 is 0. The predicted octanol–water partition coefficient (Wildman–Crippen LogP) is 2.14. The van der Waals surface area contributed by atoms with Crippen molar-refractivity contribution in [1.29, 1.82) is 0 Å². The van der Waals surface area contributed by atoms with Crippen LogP contribution in [-0.4, -0.2) is 34.7 Å². The Morgan fingerprint density at radius 2 is 2.11 bits per heavy atom. The molecule has 2 atom stereocenters. The van der Waals surface area contributed by atoms with Gasteiger partial charge in [0, 0.05) is 25.7 Å². The van der Waals surface area contributed by atoms with Crippen LogP contribution in [0.3, 0.4) is 0 Å². The lowest BCUT2D eigenvalue weighted by Gasteiger charge is -2.43. The zero-order valence-corrected chi connectivity index (χ0v) is 11.9. The maximum atomic E-state index is 10.4. The van der Waals surface area contributed by atoms with Crippen LogP contribution in [0.5, 0.6) is 0 Å². The Hall–Kier alpha value is -0.900. The molecule has 1 heterocycles. The molecule has 19 heavy (non-hydrogen) atoms. The quantitative estimate of drug-likeness (QED) is 0.855. The van der Waals surface area contributed by atoms with Crippen molar-refractivity contribution in [3.05, 3.63) is 35.9 Å². The first-order valence-electron chi connectivity index (χ1n) is 7.37. The van der Waals surface area contributed by atoms with Gasteiger partial charge < -0.3 is 10.8 Å². The zero-order valence-electron chi connectivity index (χ0n) is 11.9. The summed E-state index contributed by atoms with van der Waals surface area (Å²) in [6.45, 7) is 4.50. The maximum absolute atomic E-state index is 10.4. The number of benzene rings is 1. The lowest BCUT2D eigenvalue weighted by Crippen LogP contribution is -2.53. The number of likely N-dealkylation sites (tertiary alicyclic amines) is 1. The van der Waals surface area contributed by atoms with Gasteiger partial charge in [-0.15, -0.1) is 0 Å². The summed E-state index contributed by atoms with van der Waals surface area (Å²) in [6, 6.07) is 11.0. The van der Waals surface area contributed by atoms with E-state index in [0.29, 0.717) is 12.6 Å². The Kier molecular flexibility index (Phi) is 4.97. The Bertz CT molecular complexity index is 382. The summed E-state index contributed by atoms with van der Waals surface area (Å²) in [4.78, 5) is 2.50. The van der Waals surface area contributed by atoms with Crippen LogP contribution in [0.1, 0.15) is 38.2 Å². The van der Waals surface area contributed by atoms with E-state index in [4.69, 9.17) is 5.73 Å². The van der Waals surface area contributed by atoms with E-state index in [1.807, 2.05) is 0 Å². The molecule has 0 spiro atoms. The van der Waals surface area contributed by atoms with E-state index in [9.17, 15) is 5.11 Å². The van der Waals surface area contributed by atoms with Gasteiger partial charge in [0.2, 0.25) is 0 Å². The van der Waals surface area contributed by atoms with Crippen LogP contribution in [0.4, 0.5) is 0 Å². The topological polar surface area (TPSA) is 49.5 Å². The zero-order chi connectivity index (χ0) is 13.7. The first-order valence-corrected chi connectivity index (χ1v) is 7.37. The highest BCUT2D eigenvalue weighted by atomic mass is 16.3. The molecule has 3 heteroatoms. The van der Waals surface area contributed by atoms with E-state index in [1.54, 1.807) is 0 Å². The van der Waals surface area contributed by atoms with E-state index in [-0.39, 0.29) is 0 Å². The van der Waals surface area contributed by atoms with Gasteiger partial charge in [-0.25, -0.2) is 0 Å². The van der Waals surface area contributed by atoms with Crippen LogP contribution in [0.2, 0.25) is 0 Å². The summed E-state index contributed by atoms with van der Waals surface area (Å²) in [5.74, 6) is 0. The third kappa shape index (κ3) is 3.78. The fourth-order valence-corrected chi connectivity index (χ4v) is 3.03. The molecule has 2 unspecified atom stereocenters. The van der Waals surface area contributed by atoms with Crippen molar-refractivity contribution < 1.29 is 5.11 Å².